The normalized spacial score (nSPS) is 17.2. The van der Waals surface area contributed by atoms with Gasteiger partial charge >= 0.3 is 5.97 Å². The predicted octanol–water partition coefficient (Wildman–Crippen LogP) is 1.16. The summed E-state index contributed by atoms with van der Waals surface area (Å²) in [5.41, 5.74) is -0.0627. The van der Waals surface area contributed by atoms with E-state index in [1.807, 2.05) is 0 Å². The van der Waals surface area contributed by atoms with Gasteiger partial charge in [-0.1, -0.05) is 6.07 Å². The Morgan fingerprint density at radius 1 is 1.47 bits per heavy atom. The quantitative estimate of drug-likeness (QED) is 0.716. The van der Waals surface area contributed by atoms with E-state index >= 15 is 0 Å². The van der Waals surface area contributed by atoms with Crippen molar-refractivity contribution in [2.75, 3.05) is 7.11 Å². The minimum Gasteiger partial charge on any atom is -0.507 e. The van der Waals surface area contributed by atoms with Gasteiger partial charge in [0.25, 0.3) is 0 Å². The topological polar surface area (TPSA) is 66.8 Å². The smallest absolute Gasteiger partial charge is 0.341 e. The Labute approximate surface area is 87.1 Å². The Kier molecular flexibility index (Phi) is 2.16. The molecule has 1 aromatic rings. The molecule has 1 fully saturated rings. The summed E-state index contributed by atoms with van der Waals surface area (Å²) in [5, 5.41) is 19.3. The Morgan fingerprint density at radius 3 is 2.67 bits per heavy atom. The minimum absolute atomic E-state index is 0.0929. The van der Waals surface area contributed by atoms with Crippen LogP contribution in [0.25, 0.3) is 0 Å². The minimum atomic E-state index is -0.809. The third-order valence-electron chi connectivity index (χ3n) is 2.66. The first-order valence-electron chi connectivity index (χ1n) is 4.71. The van der Waals surface area contributed by atoms with Gasteiger partial charge < -0.3 is 14.9 Å². The van der Waals surface area contributed by atoms with Crippen molar-refractivity contribution in [1.29, 1.82) is 0 Å². The Bertz CT molecular complexity index is 407. The molecule has 80 valence electrons. The van der Waals surface area contributed by atoms with Gasteiger partial charge in [-0.25, -0.2) is 4.79 Å². The number of aromatic hydroxyl groups is 1. The summed E-state index contributed by atoms with van der Waals surface area (Å²) in [4.78, 5) is 11.3. The number of aliphatic hydroxyl groups is 1. The molecule has 4 heteroatoms. The molecule has 4 nitrogen and oxygen atoms in total. The highest BCUT2D eigenvalue weighted by atomic mass is 16.5. The molecule has 0 radical (unpaired) electrons. The summed E-state index contributed by atoms with van der Waals surface area (Å²) in [7, 11) is 1.25. The highest BCUT2D eigenvalue weighted by Gasteiger charge is 2.42. The van der Waals surface area contributed by atoms with Gasteiger partial charge in [0.05, 0.1) is 12.7 Å². The lowest BCUT2D eigenvalue weighted by Crippen LogP contribution is -2.08. The van der Waals surface area contributed by atoms with Gasteiger partial charge in [-0.05, 0) is 30.5 Å². The SMILES string of the molecule is COC(=O)c1cc(C2(O)CC2)ccc1O. The van der Waals surface area contributed by atoms with Crippen LogP contribution in [-0.4, -0.2) is 23.3 Å². The molecule has 0 aliphatic heterocycles. The molecule has 0 unspecified atom stereocenters. The number of phenolic OH excluding ortho intramolecular Hbond substituents is 1. The van der Waals surface area contributed by atoms with E-state index in [-0.39, 0.29) is 11.3 Å². The zero-order valence-corrected chi connectivity index (χ0v) is 8.36. The van der Waals surface area contributed by atoms with Gasteiger partial charge in [0.2, 0.25) is 0 Å². The average Bonchev–Trinajstić information content (AvgIpc) is 2.97. The zero-order valence-electron chi connectivity index (χ0n) is 8.36. The average molecular weight is 208 g/mol. The number of hydrogen-bond acceptors (Lipinski definition) is 4. The van der Waals surface area contributed by atoms with Gasteiger partial charge in [-0.2, -0.15) is 0 Å². The largest absolute Gasteiger partial charge is 0.507 e. The molecule has 0 atom stereocenters. The molecule has 1 aliphatic carbocycles. The van der Waals surface area contributed by atoms with E-state index in [2.05, 4.69) is 4.74 Å². The fourth-order valence-electron chi connectivity index (χ4n) is 1.51. The first kappa shape index (κ1) is 9.98. The molecule has 0 saturated heterocycles. The number of esters is 1. The van der Waals surface area contributed by atoms with Gasteiger partial charge in [-0.3, -0.25) is 0 Å². The van der Waals surface area contributed by atoms with Crippen LogP contribution in [0.4, 0.5) is 0 Å². The van der Waals surface area contributed by atoms with E-state index < -0.39 is 11.6 Å². The van der Waals surface area contributed by atoms with Crippen molar-refractivity contribution in [3.63, 3.8) is 0 Å². The molecule has 1 aromatic carbocycles. The number of carbonyl (C=O) groups excluding carboxylic acids is 1. The van der Waals surface area contributed by atoms with Crippen molar-refractivity contribution in [3.8, 4) is 5.75 Å². The number of hydrogen-bond donors (Lipinski definition) is 2. The van der Waals surface area contributed by atoms with Gasteiger partial charge in [0, 0.05) is 0 Å². The maximum atomic E-state index is 11.3. The molecular weight excluding hydrogens is 196 g/mol. The van der Waals surface area contributed by atoms with Crippen LogP contribution in [0.5, 0.6) is 5.75 Å². The van der Waals surface area contributed by atoms with Crippen LogP contribution < -0.4 is 0 Å². The van der Waals surface area contributed by atoms with E-state index in [0.717, 1.165) is 0 Å². The fraction of sp³-hybridized carbons (Fsp3) is 0.364. The molecule has 2 N–H and O–H groups in total. The second kappa shape index (κ2) is 3.24. The van der Waals surface area contributed by atoms with Gasteiger partial charge in [0.1, 0.15) is 11.3 Å². The molecule has 2 rings (SSSR count). The van der Waals surface area contributed by atoms with Crippen molar-refractivity contribution in [2.45, 2.75) is 18.4 Å². The number of carbonyl (C=O) groups is 1. The third-order valence-corrected chi connectivity index (χ3v) is 2.66. The van der Waals surface area contributed by atoms with Crippen molar-refractivity contribution >= 4 is 5.97 Å². The van der Waals surface area contributed by atoms with Crippen LogP contribution in [0.2, 0.25) is 0 Å². The molecule has 0 heterocycles. The molecule has 1 saturated carbocycles. The molecule has 1 aliphatic rings. The summed E-state index contributed by atoms with van der Waals surface area (Å²) in [6.45, 7) is 0. The maximum absolute atomic E-state index is 11.3. The van der Waals surface area contributed by atoms with Crippen LogP contribution >= 0.6 is 0 Å². The number of ether oxygens (including phenoxy) is 1. The summed E-state index contributed by atoms with van der Waals surface area (Å²) < 4.78 is 4.52. The van der Waals surface area contributed by atoms with E-state index in [0.29, 0.717) is 18.4 Å². The van der Waals surface area contributed by atoms with E-state index in [1.165, 1.54) is 19.2 Å². The van der Waals surface area contributed by atoms with E-state index in [4.69, 9.17) is 0 Å². The van der Waals surface area contributed by atoms with Gasteiger partial charge in [0.15, 0.2) is 0 Å². The number of rotatable bonds is 2. The lowest BCUT2D eigenvalue weighted by Gasteiger charge is -2.10. The summed E-state index contributed by atoms with van der Waals surface area (Å²) >= 11 is 0. The maximum Gasteiger partial charge on any atom is 0.341 e. The second-order valence-electron chi connectivity index (χ2n) is 3.76. The van der Waals surface area contributed by atoms with Crippen molar-refractivity contribution in [2.24, 2.45) is 0 Å². The number of phenols is 1. The Balaban J connectivity index is 2.41. The molecule has 0 spiro atoms. The Morgan fingerprint density at radius 2 is 2.13 bits per heavy atom. The van der Waals surface area contributed by atoms with Crippen molar-refractivity contribution in [3.05, 3.63) is 29.3 Å². The first-order valence-corrected chi connectivity index (χ1v) is 4.71. The van der Waals surface area contributed by atoms with Crippen LogP contribution in [0.15, 0.2) is 18.2 Å². The standard InChI is InChI=1S/C11H12O4/c1-15-10(13)8-6-7(2-3-9(8)12)11(14)4-5-11/h2-3,6,12,14H,4-5H2,1H3. The van der Waals surface area contributed by atoms with Crippen LogP contribution in [0, 0.1) is 0 Å². The summed E-state index contributed by atoms with van der Waals surface area (Å²) in [6.07, 6.45) is 1.39. The monoisotopic (exact) mass is 208 g/mol. The molecular formula is C11H12O4. The third kappa shape index (κ3) is 1.68. The van der Waals surface area contributed by atoms with Crippen molar-refractivity contribution < 1.29 is 19.7 Å². The van der Waals surface area contributed by atoms with Crippen molar-refractivity contribution in [1.82, 2.24) is 0 Å². The van der Waals surface area contributed by atoms with E-state index in [9.17, 15) is 15.0 Å². The lowest BCUT2D eigenvalue weighted by atomic mass is 10.0. The Hall–Kier alpha value is -1.55. The summed E-state index contributed by atoms with van der Waals surface area (Å²) in [5.74, 6) is -0.728. The highest BCUT2D eigenvalue weighted by molar-refractivity contribution is 5.92. The van der Waals surface area contributed by atoms with Crippen LogP contribution in [0.3, 0.4) is 0 Å². The van der Waals surface area contributed by atoms with Crippen LogP contribution in [0.1, 0.15) is 28.8 Å². The zero-order chi connectivity index (χ0) is 11.1. The summed E-state index contributed by atoms with van der Waals surface area (Å²) in [6, 6.07) is 4.50. The molecule has 15 heavy (non-hydrogen) atoms. The van der Waals surface area contributed by atoms with Gasteiger partial charge in [-0.15, -0.1) is 0 Å². The fourth-order valence-corrected chi connectivity index (χ4v) is 1.51. The molecule has 0 bridgehead atoms. The highest BCUT2D eigenvalue weighted by Crippen LogP contribution is 2.46. The lowest BCUT2D eigenvalue weighted by molar-refractivity contribution is 0.0597. The second-order valence-corrected chi connectivity index (χ2v) is 3.76. The molecule has 0 aromatic heterocycles. The molecule has 0 amide bonds. The number of benzene rings is 1. The van der Waals surface area contributed by atoms with Crippen LogP contribution in [-0.2, 0) is 10.3 Å². The predicted molar refractivity (Wildman–Crippen MR) is 52.6 cm³/mol. The van der Waals surface area contributed by atoms with E-state index in [1.54, 1.807) is 6.07 Å². The number of methoxy groups -OCH3 is 1. The first-order chi connectivity index (χ1) is 7.07.